The van der Waals surface area contributed by atoms with E-state index in [4.69, 9.17) is 4.74 Å². The van der Waals surface area contributed by atoms with Gasteiger partial charge in [-0.3, -0.25) is 10.1 Å². The summed E-state index contributed by atoms with van der Waals surface area (Å²) >= 11 is 0. The number of nitrogens with one attached hydrogen (secondary N) is 1. The number of nitro benzene ring substituents is 1. The average molecular weight is 376 g/mol. The SMILES string of the molecule is O=C(OCc1ccc([N+](=O)[O-])cc1)c1cccc(S(=O)(=O)NC2CC2)c1. The first-order valence-electron chi connectivity index (χ1n) is 7.88. The lowest BCUT2D eigenvalue weighted by Crippen LogP contribution is -2.25. The van der Waals surface area contributed by atoms with E-state index >= 15 is 0 Å². The predicted molar refractivity (Wildman–Crippen MR) is 92.0 cm³/mol. The van der Waals surface area contributed by atoms with E-state index < -0.39 is 20.9 Å². The van der Waals surface area contributed by atoms with Crippen molar-refractivity contribution in [3.63, 3.8) is 0 Å². The van der Waals surface area contributed by atoms with Gasteiger partial charge in [0, 0.05) is 18.2 Å². The van der Waals surface area contributed by atoms with Crippen molar-refractivity contribution < 1.29 is 22.9 Å². The van der Waals surface area contributed by atoms with Gasteiger partial charge in [-0.2, -0.15) is 0 Å². The molecule has 0 saturated heterocycles. The number of non-ortho nitro benzene ring substituents is 1. The molecule has 8 nitrogen and oxygen atoms in total. The van der Waals surface area contributed by atoms with Crippen LogP contribution in [0.3, 0.4) is 0 Å². The highest BCUT2D eigenvalue weighted by atomic mass is 32.2. The molecule has 2 aromatic carbocycles. The number of nitrogens with zero attached hydrogens (tertiary/aromatic N) is 1. The first-order chi connectivity index (χ1) is 12.3. The summed E-state index contributed by atoms with van der Waals surface area (Å²) in [4.78, 5) is 22.3. The zero-order valence-electron chi connectivity index (χ0n) is 13.6. The number of esters is 1. The van der Waals surface area contributed by atoms with Crippen LogP contribution in [0.5, 0.6) is 0 Å². The summed E-state index contributed by atoms with van der Waals surface area (Å²) in [6.07, 6.45) is 1.63. The molecule has 0 aliphatic heterocycles. The number of hydrogen-bond donors (Lipinski definition) is 1. The Balaban J connectivity index is 1.66. The number of benzene rings is 2. The minimum Gasteiger partial charge on any atom is -0.457 e. The lowest BCUT2D eigenvalue weighted by atomic mass is 10.2. The third kappa shape index (κ3) is 4.44. The second-order valence-electron chi connectivity index (χ2n) is 5.92. The molecule has 0 heterocycles. The maximum absolute atomic E-state index is 12.2. The van der Waals surface area contributed by atoms with Gasteiger partial charge in [0.2, 0.25) is 10.0 Å². The van der Waals surface area contributed by atoms with Crippen molar-refractivity contribution in [3.8, 4) is 0 Å². The number of sulfonamides is 1. The first kappa shape index (κ1) is 18.0. The second-order valence-corrected chi connectivity index (χ2v) is 7.64. The molecule has 0 spiro atoms. The molecule has 0 amide bonds. The predicted octanol–water partition coefficient (Wildman–Crippen LogP) is 2.39. The maximum Gasteiger partial charge on any atom is 0.338 e. The Kier molecular flexibility index (Phi) is 5.01. The molecule has 26 heavy (non-hydrogen) atoms. The van der Waals surface area contributed by atoms with Gasteiger partial charge in [-0.05, 0) is 48.7 Å². The van der Waals surface area contributed by atoms with Crippen LogP contribution in [0.25, 0.3) is 0 Å². The molecule has 1 saturated carbocycles. The van der Waals surface area contributed by atoms with Crippen LogP contribution < -0.4 is 4.72 Å². The van der Waals surface area contributed by atoms with Gasteiger partial charge < -0.3 is 4.74 Å². The van der Waals surface area contributed by atoms with E-state index in [1.165, 1.54) is 48.5 Å². The topological polar surface area (TPSA) is 116 Å². The van der Waals surface area contributed by atoms with Gasteiger partial charge in [0.1, 0.15) is 6.61 Å². The van der Waals surface area contributed by atoms with E-state index in [9.17, 15) is 23.3 Å². The van der Waals surface area contributed by atoms with Gasteiger partial charge >= 0.3 is 5.97 Å². The van der Waals surface area contributed by atoms with Crippen LogP contribution in [0, 0.1) is 10.1 Å². The number of hydrogen-bond acceptors (Lipinski definition) is 6. The number of carbonyl (C=O) groups excluding carboxylic acids is 1. The van der Waals surface area contributed by atoms with Crippen molar-refractivity contribution in [3.05, 3.63) is 69.8 Å². The number of carbonyl (C=O) groups is 1. The lowest BCUT2D eigenvalue weighted by Gasteiger charge is -2.08. The Bertz CT molecular complexity index is 936. The fraction of sp³-hybridized carbons (Fsp3) is 0.235. The molecule has 136 valence electrons. The molecule has 1 N–H and O–H groups in total. The second kappa shape index (κ2) is 7.22. The molecule has 1 aliphatic carbocycles. The maximum atomic E-state index is 12.2. The summed E-state index contributed by atoms with van der Waals surface area (Å²) in [5, 5.41) is 10.6. The zero-order valence-corrected chi connectivity index (χ0v) is 14.4. The highest BCUT2D eigenvalue weighted by Gasteiger charge is 2.28. The first-order valence-corrected chi connectivity index (χ1v) is 9.36. The third-order valence-corrected chi connectivity index (χ3v) is 5.31. The smallest absolute Gasteiger partial charge is 0.338 e. The summed E-state index contributed by atoms with van der Waals surface area (Å²) < 4.78 is 32.1. The highest BCUT2D eigenvalue weighted by Crippen LogP contribution is 2.22. The van der Waals surface area contributed by atoms with Crippen molar-refractivity contribution >= 4 is 21.7 Å². The molecule has 0 bridgehead atoms. The fourth-order valence-electron chi connectivity index (χ4n) is 2.22. The van der Waals surface area contributed by atoms with Crippen molar-refractivity contribution in [1.29, 1.82) is 0 Å². The molecular formula is C17H16N2O6S. The highest BCUT2D eigenvalue weighted by molar-refractivity contribution is 7.89. The fourth-order valence-corrected chi connectivity index (χ4v) is 3.58. The van der Waals surface area contributed by atoms with E-state index in [2.05, 4.69) is 4.72 Å². The van der Waals surface area contributed by atoms with Crippen LogP contribution in [-0.2, 0) is 21.4 Å². The quantitative estimate of drug-likeness (QED) is 0.451. The molecule has 1 fully saturated rings. The van der Waals surface area contributed by atoms with Gasteiger partial charge in [0.15, 0.2) is 0 Å². The molecule has 1 aliphatic rings. The van der Waals surface area contributed by atoms with Crippen LogP contribution in [0.1, 0.15) is 28.8 Å². The monoisotopic (exact) mass is 376 g/mol. The molecule has 0 radical (unpaired) electrons. The van der Waals surface area contributed by atoms with Crippen molar-refractivity contribution in [2.45, 2.75) is 30.4 Å². The minimum atomic E-state index is -3.65. The molecule has 0 unspecified atom stereocenters. The minimum absolute atomic E-state index is 0.00851. The lowest BCUT2D eigenvalue weighted by molar-refractivity contribution is -0.384. The number of rotatable bonds is 7. The summed E-state index contributed by atoms with van der Waals surface area (Å²) in [6, 6.07) is 11.2. The van der Waals surface area contributed by atoms with Gasteiger partial charge in [-0.25, -0.2) is 17.9 Å². The summed E-state index contributed by atoms with van der Waals surface area (Å²) in [7, 11) is -3.65. The molecular weight excluding hydrogens is 360 g/mol. The molecule has 3 rings (SSSR count). The standard InChI is InChI=1S/C17H16N2O6S/c20-17(25-11-12-4-8-15(9-5-12)19(21)22)13-2-1-3-16(10-13)26(23,24)18-14-6-7-14/h1-5,8-10,14,18H,6-7,11H2. The van der Waals surface area contributed by atoms with Crippen LogP contribution >= 0.6 is 0 Å². The third-order valence-electron chi connectivity index (χ3n) is 3.80. The van der Waals surface area contributed by atoms with Crippen LogP contribution in [0.2, 0.25) is 0 Å². The average Bonchev–Trinajstić information content (AvgIpc) is 3.43. The van der Waals surface area contributed by atoms with E-state index in [1.807, 2.05) is 0 Å². The number of ether oxygens (including phenoxy) is 1. The van der Waals surface area contributed by atoms with Gasteiger partial charge in [-0.1, -0.05) is 6.07 Å². The van der Waals surface area contributed by atoms with Gasteiger partial charge in [0.05, 0.1) is 15.4 Å². The Hall–Kier alpha value is -2.78. The summed E-state index contributed by atoms with van der Waals surface area (Å²) in [5.74, 6) is -0.674. The van der Waals surface area contributed by atoms with Crippen LogP contribution in [-0.4, -0.2) is 25.4 Å². The zero-order chi connectivity index (χ0) is 18.7. The van der Waals surface area contributed by atoms with E-state index in [-0.39, 0.29) is 28.8 Å². The molecule has 2 aromatic rings. The van der Waals surface area contributed by atoms with E-state index in [0.717, 1.165) is 12.8 Å². The van der Waals surface area contributed by atoms with Crippen molar-refractivity contribution in [2.24, 2.45) is 0 Å². The van der Waals surface area contributed by atoms with Gasteiger partial charge in [0.25, 0.3) is 5.69 Å². The van der Waals surface area contributed by atoms with Crippen LogP contribution in [0.15, 0.2) is 53.4 Å². The van der Waals surface area contributed by atoms with Crippen LogP contribution in [0.4, 0.5) is 5.69 Å². The molecule has 0 atom stereocenters. The van der Waals surface area contributed by atoms with E-state index in [1.54, 1.807) is 0 Å². The van der Waals surface area contributed by atoms with Crippen molar-refractivity contribution in [1.82, 2.24) is 4.72 Å². The van der Waals surface area contributed by atoms with E-state index in [0.29, 0.717) is 5.56 Å². The Morgan fingerprint density at radius 3 is 2.50 bits per heavy atom. The molecule has 9 heteroatoms. The Morgan fingerprint density at radius 2 is 1.88 bits per heavy atom. The van der Waals surface area contributed by atoms with Crippen molar-refractivity contribution in [2.75, 3.05) is 0 Å². The summed E-state index contributed by atoms with van der Waals surface area (Å²) in [6.45, 7) is -0.0753. The summed E-state index contributed by atoms with van der Waals surface area (Å²) in [5.41, 5.74) is 0.648. The Labute approximate surface area is 150 Å². The Morgan fingerprint density at radius 1 is 1.19 bits per heavy atom. The largest absolute Gasteiger partial charge is 0.457 e. The number of nitro groups is 1. The molecule has 0 aromatic heterocycles. The normalized spacial score (nSPS) is 14.0. The van der Waals surface area contributed by atoms with Gasteiger partial charge in [-0.15, -0.1) is 0 Å².